The van der Waals surface area contributed by atoms with Gasteiger partial charge in [-0.05, 0) is 23.8 Å². The molecule has 2 nitrogen and oxygen atoms in total. The van der Waals surface area contributed by atoms with Crippen LogP contribution in [0, 0.1) is 0 Å². The van der Waals surface area contributed by atoms with Crippen LogP contribution in [0.4, 0.5) is 0 Å². The summed E-state index contributed by atoms with van der Waals surface area (Å²) in [5.41, 5.74) is 1.15. The first kappa shape index (κ1) is 9.83. The molecule has 1 N–H and O–H groups in total. The van der Waals surface area contributed by atoms with E-state index in [9.17, 15) is 4.57 Å². The lowest BCUT2D eigenvalue weighted by molar-refractivity contribution is 0.581. The maximum atomic E-state index is 12.9. The Labute approximate surface area is 94.7 Å². The standard InChI is InChI=1S/C13H12NOP/c15-16(12-7-2-1-3-8-12)13-9-5-4-6-11(13)10-14-16/h1-9H,10H2,(H,14,15). The quantitative estimate of drug-likeness (QED) is 0.758. The second-order valence-corrected chi connectivity index (χ2v) is 6.44. The minimum Gasteiger partial charge on any atom is -0.297 e. The average Bonchev–Trinajstić information content (AvgIpc) is 2.71. The van der Waals surface area contributed by atoms with E-state index in [1.165, 1.54) is 0 Å². The van der Waals surface area contributed by atoms with Gasteiger partial charge in [-0.25, -0.2) is 0 Å². The number of hydrogen-bond donors (Lipinski definition) is 1. The lowest BCUT2D eigenvalue weighted by atomic mass is 10.2. The van der Waals surface area contributed by atoms with Crippen molar-refractivity contribution in [1.82, 2.24) is 5.09 Å². The summed E-state index contributed by atoms with van der Waals surface area (Å²) in [5.74, 6) is 0. The Morgan fingerprint density at radius 3 is 2.44 bits per heavy atom. The summed E-state index contributed by atoms with van der Waals surface area (Å²) < 4.78 is 12.9. The van der Waals surface area contributed by atoms with Crippen LogP contribution in [-0.2, 0) is 11.1 Å². The fraction of sp³-hybridized carbons (Fsp3) is 0.0769. The van der Waals surface area contributed by atoms with Crippen LogP contribution in [0.2, 0.25) is 0 Å². The monoisotopic (exact) mass is 229 g/mol. The number of rotatable bonds is 1. The van der Waals surface area contributed by atoms with Crippen LogP contribution < -0.4 is 15.7 Å². The van der Waals surface area contributed by atoms with Crippen LogP contribution >= 0.6 is 7.29 Å². The summed E-state index contributed by atoms with van der Waals surface area (Å²) in [6, 6.07) is 17.6. The Morgan fingerprint density at radius 2 is 1.62 bits per heavy atom. The lowest BCUT2D eigenvalue weighted by Crippen LogP contribution is -2.19. The zero-order valence-electron chi connectivity index (χ0n) is 8.76. The van der Waals surface area contributed by atoms with E-state index < -0.39 is 7.29 Å². The van der Waals surface area contributed by atoms with Crippen molar-refractivity contribution >= 4 is 17.9 Å². The minimum absolute atomic E-state index is 0.697. The molecule has 0 saturated heterocycles. The highest BCUT2D eigenvalue weighted by molar-refractivity contribution is 7.77. The molecule has 0 spiro atoms. The fourth-order valence-electron chi connectivity index (χ4n) is 2.12. The molecule has 1 unspecified atom stereocenters. The van der Waals surface area contributed by atoms with Crippen molar-refractivity contribution in [3.63, 3.8) is 0 Å². The van der Waals surface area contributed by atoms with Crippen LogP contribution in [0.15, 0.2) is 54.6 Å². The molecular weight excluding hydrogens is 217 g/mol. The molecule has 0 aliphatic carbocycles. The lowest BCUT2D eigenvalue weighted by Gasteiger charge is -2.13. The van der Waals surface area contributed by atoms with Gasteiger partial charge in [0.2, 0.25) is 7.29 Å². The van der Waals surface area contributed by atoms with E-state index in [1.807, 2.05) is 54.6 Å². The normalized spacial score (nSPS) is 23.0. The topological polar surface area (TPSA) is 29.1 Å². The molecule has 0 fully saturated rings. The van der Waals surface area contributed by atoms with E-state index in [2.05, 4.69) is 5.09 Å². The van der Waals surface area contributed by atoms with Crippen LogP contribution in [0.1, 0.15) is 5.56 Å². The molecule has 1 aliphatic heterocycles. The van der Waals surface area contributed by atoms with Gasteiger partial charge in [0.25, 0.3) is 0 Å². The number of benzene rings is 2. The van der Waals surface area contributed by atoms with Gasteiger partial charge in [0.1, 0.15) is 0 Å². The van der Waals surface area contributed by atoms with E-state index in [0.29, 0.717) is 6.54 Å². The predicted molar refractivity (Wildman–Crippen MR) is 66.6 cm³/mol. The molecule has 0 bridgehead atoms. The minimum atomic E-state index is -2.56. The van der Waals surface area contributed by atoms with Crippen molar-refractivity contribution in [1.29, 1.82) is 0 Å². The van der Waals surface area contributed by atoms with Crippen molar-refractivity contribution in [3.8, 4) is 0 Å². The third kappa shape index (κ3) is 1.35. The maximum Gasteiger partial charge on any atom is 0.205 e. The van der Waals surface area contributed by atoms with E-state index in [-0.39, 0.29) is 0 Å². The van der Waals surface area contributed by atoms with Gasteiger partial charge in [-0.1, -0.05) is 36.4 Å². The summed E-state index contributed by atoms with van der Waals surface area (Å²) >= 11 is 0. The van der Waals surface area contributed by atoms with Gasteiger partial charge >= 0.3 is 0 Å². The molecule has 0 amide bonds. The molecule has 0 saturated carbocycles. The van der Waals surface area contributed by atoms with Crippen molar-refractivity contribution in [2.45, 2.75) is 6.54 Å². The molecule has 3 rings (SSSR count). The summed E-state index contributed by atoms with van der Waals surface area (Å²) in [7, 11) is -2.56. The highest BCUT2D eigenvalue weighted by Gasteiger charge is 2.33. The van der Waals surface area contributed by atoms with Crippen molar-refractivity contribution < 1.29 is 4.57 Å². The Bertz CT molecular complexity index is 565. The Hall–Kier alpha value is -1.37. The summed E-state index contributed by atoms with van der Waals surface area (Å²) in [5, 5.41) is 5.02. The molecule has 3 heteroatoms. The summed E-state index contributed by atoms with van der Waals surface area (Å²) in [6.07, 6.45) is 0. The molecule has 0 aromatic heterocycles. The number of hydrogen-bond acceptors (Lipinski definition) is 1. The van der Waals surface area contributed by atoms with Gasteiger partial charge in [-0.2, -0.15) is 0 Å². The average molecular weight is 229 g/mol. The SMILES string of the molecule is O=P1(c2ccccc2)NCc2ccccc21. The Kier molecular flexibility index (Phi) is 2.20. The number of fused-ring (bicyclic) bond motifs is 1. The van der Waals surface area contributed by atoms with Crippen LogP contribution in [0.5, 0.6) is 0 Å². The molecule has 1 heterocycles. The molecule has 2 aromatic rings. The van der Waals surface area contributed by atoms with Crippen molar-refractivity contribution in [2.75, 3.05) is 0 Å². The third-order valence-corrected chi connectivity index (χ3v) is 5.69. The highest BCUT2D eigenvalue weighted by Crippen LogP contribution is 2.43. The molecule has 80 valence electrons. The fourth-order valence-corrected chi connectivity index (χ4v) is 4.59. The predicted octanol–water partition coefficient (Wildman–Crippen LogP) is 2.02. The first-order valence-electron chi connectivity index (χ1n) is 5.30. The molecule has 2 aromatic carbocycles. The molecule has 1 aliphatic rings. The molecular formula is C13H12NOP. The van der Waals surface area contributed by atoms with Gasteiger partial charge < -0.3 is 0 Å². The molecule has 16 heavy (non-hydrogen) atoms. The van der Waals surface area contributed by atoms with Crippen molar-refractivity contribution in [2.24, 2.45) is 0 Å². The van der Waals surface area contributed by atoms with E-state index in [1.54, 1.807) is 0 Å². The van der Waals surface area contributed by atoms with Crippen molar-refractivity contribution in [3.05, 3.63) is 60.2 Å². The zero-order valence-corrected chi connectivity index (χ0v) is 9.65. The summed E-state index contributed by atoms with van der Waals surface area (Å²) in [4.78, 5) is 0. The van der Waals surface area contributed by atoms with E-state index in [0.717, 1.165) is 16.2 Å². The van der Waals surface area contributed by atoms with Gasteiger partial charge in [-0.3, -0.25) is 9.65 Å². The second kappa shape index (κ2) is 3.58. The largest absolute Gasteiger partial charge is 0.297 e. The smallest absolute Gasteiger partial charge is 0.205 e. The van der Waals surface area contributed by atoms with Gasteiger partial charge in [0.05, 0.1) is 0 Å². The van der Waals surface area contributed by atoms with Gasteiger partial charge in [0, 0.05) is 17.2 Å². The summed E-state index contributed by atoms with van der Waals surface area (Å²) in [6.45, 7) is 0.697. The first-order chi connectivity index (χ1) is 7.81. The first-order valence-corrected chi connectivity index (χ1v) is 7.01. The molecule has 1 atom stereocenters. The van der Waals surface area contributed by atoms with E-state index >= 15 is 0 Å². The highest BCUT2D eigenvalue weighted by atomic mass is 31.2. The third-order valence-electron chi connectivity index (χ3n) is 2.94. The van der Waals surface area contributed by atoms with E-state index in [4.69, 9.17) is 0 Å². The zero-order chi connectivity index (χ0) is 11.0. The van der Waals surface area contributed by atoms with Gasteiger partial charge in [-0.15, -0.1) is 0 Å². The van der Waals surface area contributed by atoms with Crippen LogP contribution in [0.3, 0.4) is 0 Å². The van der Waals surface area contributed by atoms with Crippen LogP contribution in [0.25, 0.3) is 0 Å². The Balaban J connectivity index is 2.20. The Morgan fingerprint density at radius 1 is 0.938 bits per heavy atom. The second-order valence-electron chi connectivity index (χ2n) is 3.91. The van der Waals surface area contributed by atoms with Gasteiger partial charge in [0.15, 0.2) is 0 Å². The number of nitrogens with one attached hydrogen (secondary N) is 1. The van der Waals surface area contributed by atoms with Crippen LogP contribution in [-0.4, -0.2) is 0 Å². The molecule has 0 radical (unpaired) electrons. The maximum absolute atomic E-state index is 12.9.